The molecule has 0 unspecified atom stereocenters. The first-order valence-corrected chi connectivity index (χ1v) is 6.40. The summed E-state index contributed by atoms with van der Waals surface area (Å²) < 4.78 is 5.29. The third-order valence-corrected chi connectivity index (χ3v) is 2.95. The summed E-state index contributed by atoms with van der Waals surface area (Å²) in [7, 11) is 3.71. The van der Waals surface area contributed by atoms with Gasteiger partial charge >= 0.3 is 0 Å². The van der Waals surface area contributed by atoms with E-state index in [0.717, 1.165) is 18.9 Å². The zero-order valence-electron chi connectivity index (χ0n) is 11.7. The minimum absolute atomic E-state index is 0.0140. The van der Waals surface area contributed by atoms with E-state index in [-0.39, 0.29) is 5.69 Å². The first-order valence-electron chi connectivity index (χ1n) is 6.40. The summed E-state index contributed by atoms with van der Waals surface area (Å²) in [6.45, 7) is 2.81. The van der Waals surface area contributed by atoms with Crippen LogP contribution in [0.25, 0.3) is 6.08 Å². The van der Waals surface area contributed by atoms with Gasteiger partial charge in [-0.1, -0.05) is 0 Å². The number of aromatic nitrogens is 1. The Morgan fingerprint density at radius 3 is 2.70 bits per heavy atom. The summed E-state index contributed by atoms with van der Waals surface area (Å²) in [5, 5.41) is 11.0. The maximum atomic E-state index is 11.0. The number of nitrogens with zero attached hydrogens (tertiary/aromatic N) is 4. The third kappa shape index (κ3) is 3.45. The molecule has 1 aliphatic heterocycles. The van der Waals surface area contributed by atoms with Gasteiger partial charge in [0.25, 0.3) is 5.69 Å². The molecule has 1 aliphatic rings. The molecule has 0 spiro atoms. The largest absolute Gasteiger partial charge is 0.383 e. The number of hydrogen-bond acceptors (Lipinski definition) is 6. The van der Waals surface area contributed by atoms with Gasteiger partial charge in [0.1, 0.15) is 11.5 Å². The van der Waals surface area contributed by atoms with Gasteiger partial charge in [-0.3, -0.25) is 10.1 Å². The number of anilines is 1. The van der Waals surface area contributed by atoms with Crippen molar-refractivity contribution in [3.63, 3.8) is 0 Å². The Hall–Kier alpha value is -2.15. The lowest BCUT2D eigenvalue weighted by atomic mass is 10.2. The van der Waals surface area contributed by atoms with Gasteiger partial charge in [0, 0.05) is 39.5 Å². The van der Waals surface area contributed by atoms with Gasteiger partial charge in [0.05, 0.1) is 18.1 Å². The molecule has 0 bridgehead atoms. The molecule has 0 aromatic carbocycles. The average molecular weight is 278 g/mol. The summed E-state index contributed by atoms with van der Waals surface area (Å²) in [5.74, 6) is 0.748. The molecule has 0 N–H and O–H groups in total. The van der Waals surface area contributed by atoms with Crippen molar-refractivity contribution in [3.8, 4) is 0 Å². The zero-order valence-corrected chi connectivity index (χ0v) is 11.7. The van der Waals surface area contributed by atoms with E-state index in [2.05, 4.69) is 9.88 Å². The van der Waals surface area contributed by atoms with Crippen LogP contribution >= 0.6 is 0 Å². The van der Waals surface area contributed by atoms with Gasteiger partial charge in [0.15, 0.2) is 0 Å². The van der Waals surface area contributed by atoms with Crippen LogP contribution in [0.15, 0.2) is 18.3 Å². The Bertz CT molecular complexity index is 510. The van der Waals surface area contributed by atoms with Crippen molar-refractivity contribution in [1.82, 2.24) is 9.88 Å². The fourth-order valence-electron chi connectivity index (χ4n) is 1.92. The summed E-state index contributed by atoms with van der Waals surface area (Å²) in [5.41, 5.74) is 0.382. The van der Waals surface area contributed by atoms with Crippen molar-refractivity contribution in [1.29, 1.82) is 0 Å². The molecule has 1 aromatic rings. The fraction of sp³-hybridized carbons (Fsp3) is 0.462. The van der Waals surface area contributed by atoms with E-state index >= 15 is 0 Å². The van der Waals surface area contributed by atoms with Crippen molar-refractivity contribution in [3.05, 3.63) is 34.1 Å². The van der Waals surface area contributed by atoms with Crippen molar-refractivity contribution in [2.75, 3.05) is 45.3 Å². The molecule has 0 saturated carbocycles. The van der Waals surface area contributed by atoms with E-state index in [1.165, 1.54) is 6.07 Å². The molecule has 7 nitrogen and oxygen atoms in total. The molecule has 1 saturated heterocycles. The molecule has 108 valence electrons. The van der Waals surface area contributed by atoms with Crippen LogP contribution in [0.3, 0.4) is 0 Å². The molecule has 1 fully saturated rings. The van der Waals surface area contributed by atoms with Crippen LogP contribution in [0.5, 0.6) is 0 Å². The molecule has 0 atom stereocenters. The lowest BCUT2D eigenvalue weighted by Crippen LogP contribution is -2.36. The van der Waals surface area contributed by atoms with E-state index < -0.39 is 4.92 Å². The summed E-state index contributed by atoms with van der Waals surface area (Å²) in [4.78, 5) is 18.9. The topological polar surface area (TPSA) is 71.7 Å². The van der Waals surface area contributed by atoms with Gasteiger partial charge in [-0.05, 0) is 12.1 Å². The standard InChI is InChI=1S/C13H18N4O3/c1-15(2)6-5-11-12(17(18)19)3-4-13(14-11)16-7-9-20-10-8-16/h3-6H,7-10H2,1-2H3/b6-5+. The predicted molar refractivity (Wildman–Crippen MR) is 76.6 cm³/mol. The predicted octanol–water partition coefficient (Wildman–Crippen LogP) is 1.36. The Labute approximate surface area is 117 Å². The minimum atomic E-state index is -0.411. The van der Waals surface area contributed by atoms with Crippen molar-refractivity contribution in [2.45, 2.75) is 0 Å². The number of rotatable bonds is 4. The van der Waals surface area contributed by atoms with Gasteiger partial charge in [0.2, 0.25) is 0 Å². The van der Waals surface area contributed by atoms with E-state index in [9.17, 15) is 10.1 Å². The lowest BCUT2D eigenvalue weighted by molar-refractivity contribution is -0.385. The first kappa shape index (κ1) is 14.3. The molecule has 2 rings (SSSR count). The van der Waals surface area contributed by atoms with Crippen LogP contribution in [0, 0.1) is 10.1 Å². The summed E-state index contributed by atoms with van der Waals surface area (Å²) >= 11 is 0. The lowest BCUT2D eigenvalue weighted by Gasteiger charge is -2.27. The number of nitro groups is 1. The maximum Gasteiger partial charge on any atom is 0.295 e. The average Bonchev–Trinajstić information content (AvgIpc) is 2.45. The second kappa shape index (κ2) is 6.33. The fourth-order valence-corrected chi connectivity index (χ4v) is 1.92. The number of ether oxygens (including phenoxy) is 1. The molecule has 0 radical (unpaired) electrons. The Morgan fingerprint density at radius 1 is 1.40 bits per heavy atom. The summed E-state index contributed by atoms with van der Waals surface area (Å²) in [6.07, 6.45) is 3.40. The molecular formula is C13H18N4O3. The van der Waals surface area contributed by atoms with Gasteiger partial charge in [-0.15, -0.1) is 0 Å². The zero-order chi connectivity index (χ0) is 14.5. The normalized spacial score (nSPS) is 15.6. The highest BCUT2D eigenvalue weighted by Crippen LogP contribution is 2.23. The highest BCUT2D eigenvalue weighted by Gasteiger charge is 2.18. The van der Waals surface area contributed by atoms with Crippen LogP contribution in [0.4, 0.5) is 11.5 Å². The molecule has 0 amide bonds. The highest BCUT2D eigenvalue weighted by molar-refractivity contribution is 5.60. The van der Waals surface area contributed by atoms with Crippen molar-refractivity contribution in [2.24, 2.45) is 0 Å². The van der Waals surface area contributed by atoms with E-state index in [1.807, 2.05) is 19.0 Å². The number of hydrogen-bond donors (Lipinski definition) is 0. The van der Waals surface area contributed by atoms with Crippen LogP contribution in [0.2, 0.25) is 0 Å². The van der Waals surface area contributed by atoms with E-state index in [1.54, 1.807) is 18.3 Å². The minimum Gasteiger partial charge on any atom is -0.383 e. The van der Waals surface area contributed by atoms with Crippen molar-refractivity contribution < 1.29 is 9.66 Å². The van der Waals surface area contributed by atoms with Crippen molar-refractivity contribution >= 4 is 17.6 Å². The van der Waals surface area contributed by atoms with E-state index in [0.29, 0.717) is 18.9 Å². The molecule has 20 heavy (non-hydrogen) atoms. The van der Waals surface area contributed by atoms with Crippen LogP contribution in [-0.2, 0) is 4.74 Å². The Morgan fingerprint density at radius 2 is 2.10 bits per heavy atom. The summed E-state index contributed by atoms with van der Waals surface area (Å²) in [6, 6.07) is 3.20. The number of pyridine rings is 1. The third-order valence-electron chi connectivity index (χ3n) is 2.95. The van der Waals surface area contributed by atoms with Crippen LogP contribution < -0.4 is 4.90 Å². The van der Waals surface area contributed by atoms with Crippen LogP contribution in [0.1, 0.15) is 5.69 Å². The highest BCUT2D eigenvalue weighted by atomic mass is 16.6. The second-order valence-electron chi connectivity index (χ2n) is 4.71. The van der Waals surface area contributed by atoms with Gasteiger partial charge in [-0.2, -0.15) is 0 Å². The second-order valence-corrected chi connectivity index (χ2v) is 4.71. The molecule has 7 heteroatoms. The monoisotopic (exact) mass is 278 g/mol. The molecule has 2 heterocycles. The molecular weight excluding hydrogens is 260 g/mol. The molecule has 0 aliphatic carbocycles. The quantitative estimate of drug-likeness (QED) is 0.611. The SMILES string of the molecule is CN(C)/C=C/c1nc(N2CCOCC2)ccc1[N+](=O)[O-]. The number of morpholine rings is 1. The van der Waals surface area contributed by atoms with Gasteiger partial charge in [-0.25, -0.2) is 4.98 Å². The maximum absolute atomic E-state index is 11.0. The Balaban J connectivity index is 2.31. The van der Waals surface area contributed by atoms with E-state index in [4.69, 9.17) is 4.74 Å². The Kier molecular flexibility index (Phi) is 4.52. The first-order chi connectivity index (χ1) is 9.58. The van der Waals surface area contributed by atoms with Crippen LogP contribution in [-0.4, -0.2) is 55.2 Å². The smallest absolute Gasteiger partial charge is 0.295 e. The van der Waals surface area contributed by atoms with Gasteiger partial charge < -0.3 is 14.5 Å². The molecule has 1 aromatic heterocycles.